The molecule has 1 N–H and O–H groups in total. The Labute approximate surface area is 110 Å². The fraction of sp³-hybridized carbons (Fsp3) is 0.286. The van der Waals surface area contributed by atoms with E-state index in [0.717, 1.165) is 19.5 Å². The van der Waals surface area contributed by atoms with Gasteiger partial charge in [0.25, 0.3) is 0 Å². The van der Waals surface area contributed by atoms with Crippen molar-refractivity contribution in [1.82, 2.24) is 5.32 Å². The van der Waals surface area contributed by atoms with Gasteiger partial charge in [-0.05, 0) is 42.1 Å². The largest absolute Gasteiger partial charge is 0.492 e. The molecule has 0 atom stereocenters. The maximum Gasteiger partial charge on any atom is 0.123 e. The lowest BCUT2D eigenvalue weighted by atomic mass is 10.3. The standard InChI is InChI=1S/C14H16FNOS/c15-12-3-5-13(6-4-12)17-10-9-16-8-7-14-2-1-11-18-14/h1-6,11,16H,7-10H2. The lowest BCUT2D eigenvalue weighted by Crippen LogP contribution is -2.23. The van der Waals surface area contributed by atoms with E-state index in [4.69, 9.17) is 4.74 Å². The second kappa shape index (κ2) is 7.13. The molecule has 1 heterocycles. The molecule has 0 saturated heterocycles. The molecule has 2 nitrogen and oxygen atoms in total. The molecule has 18 heavy (non-hydrogen) atoms. The summed E-state index contributed by atoms with van der Waals surface area (Å²) in [6.07, 6.45) is 1.05. The Morgan fingerprint density at radius 1 is 1.11 bits per heavy atom. The van der Waals surface area contributed by atoms with Crippen LogP contribution >= 0.6 is 11.3 Å². The second-order valence-electron chi connectivity index (χ2n) is 3.88. The zero-order chi connectivity index (χ0) is 12.6. The summed E-state index contributed by atoms with van der Waals surface area (Å²) in [5.74, 6) is 0.466. The van der Waals surface area contributed by atoms with Crippen LogP contribution in [-0.4, -0.2) is 19.7 Å². The van der Waals surface area contributed by atoms with Crippen LogP contribution < -0.4 is 10.1 Å². The summed E-state index contributed by atoms with van der Waals surface area (Å²) in [6, 6.07) is 10.3. The smallest absolute Gasteiger partial charge is 0.123 e. The third-order valence-electron chi connectivity index (χ3n) is 2.49. The Morgan fingerprint density at radius 3 is 2.67 bits per heavy atom. The Kier molecular flexibility index (Phi) is 5.17. The fourth-order valence-electron chi connectivity index (χ4n) is 1.56. The van der Waals surface area contributed by atoms with Gasteiger partial charge in [0.05, 0.1) is 0 Å². The highest BCUT2D eigenvalue weighted by Crippen LogP contribution is 2.10. The van der Waals surface area contributed by atoms with Gasteiger partial charge >= 0.3 is 0 Å². The molecule has 0 fully saturated rings. The minimum absolute atomic E-state index is 0.239. The van der Waals surface area contributed by atoms with E-state index in [1.54, 1.807) is 23.5 Å². The average Bonchev–Trinajstić information content (AvgIpc) is 2.89. The minimum atomic E-state index is -0.239. The zero-order valence-electron chi connectivity index (χ0n) is 10.1. The Balaban J connectivity index is 1.55. The van der Waals surface area contributed by atoms with Gasteiger partial charge in [0.1, 0.15) is 18.2 Å². The summed E-state index contributed by atoms with van der Waals surface area (Å²) >= 11 is 1.78. The molecule has 2 rings (SSSR count). The molecule has 0 aliphatic heterocycles. The molecule has 1 aromatic carbocycles. The van der Waals surface area contributed by atoms with Crippen molar-refractivity contribution in [3.05, 3.63) is 52.5 Å². The number of ether oxygens (including phenoxy) is 1. The first kappa shape index (κ1) is 13.1. The van der Waals surface area contributed by atoms with Crippen molar-refractivity contribution < 1.29 is 9.13 Å². The van der Waals surface area contributed by atoms with Crippen molar-refractivity contribution in [1.29, 1.82) is 0 Å². The molecule has 2 aromatic rings. The van der Waals surface area contributed by atoms with Crippen LogP contribution in [0.3, 0.4) is 0 Å². The van der Waals surface area contributed by atoms with Gasteiger partial charge in [0.15, 0.2) is 0 Å². The molecule has 0 radical (unpaired) electrons. The van der Waals surface area contributed by atoms with E-state index in [9.17, 15) is 4.39 Å². The number of thiophene rings is 1. The van der Waals surface area contributed by atoms with Crippen molar-refractivity contribution in [2.75, 3.05) is 19.7 Å². The molecule has 0 amide bonds. The highest BCUT2D eigenvalue weighted by Gasteiger charge is 1.95. The predicted octanol–water partition coefficient (Wildman–Crippen LogP) is 3.10. The number of nitrogens with one attached hydrogen (secondary N) is 1. The Morgan fingerprint density at radius 2 is 1.94 bits per heavy atom. The molecule has 0 saturated carbocycles. The predicted molar refractivity (Wildman–Crippen MR) is 72.8 cm³/mol. The second-order valence-corrected chi connectivity index (χ2v) is 4.91. The van der Waals surface area contributed by atoms with Crippen LogP contribution in [-0.2, 0) is 6.42 Å². The van der Waals surface area contributed by atoms with E-state index in [2.05, 4.69) is 22.8 Å². The lowest BCUT2D eigenvalue weighted by Gasteiger charge is -2.07. The summed E-state index contributed by atoms with van der Waals surface area (Å²) in [4.78, 5) is 1.39. The molecule has 0 aliphatic rings. The summed E-state index contributed by atoms with van der Waals surface area (Å²) in [6.45, 7) is 2.34. The lowest BCUT2D eigenvalue weighted by molar-refractivity contribution is 0.314. The Hall–Kier alpha value is -1.39. The van der Waals surface area contributed by atoms with Gasteiger partial charge in [-0.2, -0.15) is 0 Å². The van der Waals surface area contributed by atoms with Gasteiger partial charge in [0, 0.05) is 18.0 Å². The third-order valence-corrected chi connectivity index (χ3v) is 3.43. The average molecular weight is 265 g/mol. The highest BCUT2D eigenvalue weighted by molar-refractivity contribution is 7.09. The number of hydrogen-bond acceptors (Lipinski definition) is 3. The van der Waals surface area contributed by atoms with E-state index >= 15 is 0 Å². The molecule has 0 spiro atoms. The van der Waals surface area contributed by atoms with Crippen LogP contribution in [0.25, 0.3) is 0 Å². The monoisotopic (exact) mass is 265 g/mol. The van der Waals surface area contributed by atoms with Gasteiger partial charge in [-0.25, -0.2) is 4.39 Å². The molecule has 0 bridgehead atoms. The SMILES string of the molecule is Fc1ccc(OCCNCCc2cccs2)cc1. The van der Waals surface area contributed by atoms with Crippen LogP contribution in [0.5, 0.6) is 5.75 Å². The first-order chi connectivity index (χ1) is 8.84. The van der Waals surface area contributed by atoms with Crippen LogP contribution in [0.4, 0.5) is 4.39 Å². The molecule has 0 aliphatic carbocycles. The van der Waals surface area contributed by atoms with Gasteiger partial charge in [0.2, 0.25) is 0 Å². The number of hydrogen-bond donors (Lipinski definition) is 1. The summed E-state index contributed by atoms with van der Waals surface area (Å²) in [5.41, 5.74) is 0. The topological polar surface area (TPSA) is 21.3 Å². The van der Waals surface area contributed by atoms with Gasteiger partial charge < -0.3 is 10.1 Å². The molecule has 4 heteroatoms. The number of benzene rings is 1. The van der Waals surface area contributed by atoms with Crippen LogP contribution in [0.1, 0.15) is 4.88 Å². The number of halogens is 1. The van der Waals surface area contributed by atoms with E-state index in [1.165, 1.54) is 17.0 Å². The van der Waals surface area contributed by atoms with E-state index in [0.29, 0.717) is 12.4 Å². The quantitative estimate of drug-likeness (QED) is 0.777. The maximum absolute atomic E-state index is 12.6. The molecular formula is C14H16FNOS. The molecule has 0 unspecified atom stereocenters. The van der Waals surface area contributed by atoms with Crippen molar-refractivity contribution in [3.63, 3.8) is 0 Å². The van der Waals surface area contributed by atoms with E-state index in [1.807, 2.05) is 0 Å². The first-order valence-corrected chi connectivity index (χ1v) is 6.84. The Bertz CT molecular complexity index is 441. The van der Waals surface area contributed by atoms with Crippen LogP contribution in [0.2, 0.25) is 0 Å². The fourth-order valence-corrected chi connectivity index (χ4v) is 2.27. The van der Waals surface area contributed by atoms with Crippen molar-refractivity contribution >= 4 is 11.3 Å². The van der Waals surface area contributed by atoms with Crippen molar-refractivity contribution in [2.45, 2.75) is 6.42 Å². The number of rotatable bonds is 7. The summed E-state index contributed by atoms with van der Waals surface area (Å²) in [7, 11) is 0. The summed E-state index contributed by atoms with van der Waals surface area (Å²) in [5, 5.41) is 5.40. The van der Waals surface area contributed by atoms with Gasteiger partial charge in [-0.3, -0.25) is 0 Å². The zero-order valence-corrected chi connectivity index (χ0v) is 10.9. The van der Waals surface area contributed by atoms with Crippen LogP contribution in [0.15, 0.2) is 41.8 Å². The van der Waals surface area contributed by atoms with Gasteiger partial charge in [-0.15, -0.1) is 11.3 Å². The van der Waals surface area contributed by atoms with E-state index < -0.39 is 0 Å². The van der Waals surface area contributed by atoms with E-state index in [-0.39, 0.29) is 5.82 Å². The van der Waals surface area contributed by atoms with Crippen molar-refractivity contribution in [2.24, 2.45) is 0 Å². The normalized spacial score (nSPS) is 10.5. The minimum Gasteiger partial charge on any atom is -0.492 e. The molecule has 96 valence electrons. The summed E-state index contributed by atoms with van der Waals surface area (Å²) < 4.78 is 18.1. The van der Waals surface area contributed by atoms with Gasteiger partial charge in [-0.1, -0.05) is 6.07 Å². The third kappa shape index (κ3) is 4.47. The van der Waals surface area contributed by atoms with Crippen molar-refractivity contribution in [3.8, 4) is 5.75 Å². The maximum atomic E-state index is 12.6. The first-order valence-electron chi connectivity index (χ1n) is 5.96. The highest BCUT2D eigenvalue weighted by atomic mass is 32.1. The van der Waals surface area contributed by atoms with Crippen LogP contribution in [0, 0.1) is 5.82 Å². The molecule has 1 aromatic heterocycles. The molecular weight excluding hydrogens is 249 g/mol.